The van der Waals surface area contributed by atoms with Crippen LogP contribution >= 0.6 is 11.3 Å². The Balaban J connectivity index is 1.55. The van der Waals surface area contributed by atoms with Gasteiger partial charge in [0.2, 0.25) is 5.78 Å². The van der Waals surface area contributed by atoms with Gasteiger partial charge < -0.3 is 4.74 Å². The molecule has 0 spiro atoms. The third-order valence-corrected chi connectivity index (χ3v) is 6.99. The zero-order valence-corrected chi connectivity index (χ0v) is 21.3. The number of hydrogen-bond donors (Lipinski definition) is 0. The number of ether oxygens (including phenoxy) is 1. The molecule has 0 aliphatic heterocycles. The van der Waals surface area contributed by atoms with E-state index in [1.807, 2.05) is 87.7 Å². The number of Topliss-reactive ketones (excluding diaryl/α,β-unsaturated/α-hetero) is 1. The number of ketones is 1. The molecule has 0 radical (unpaired) electrons. The molecule has 0 unspecified atom stereocenters. The van der Waals surface area contributed by atoms with E-state index in [2.05, 4.69) is 5.10 Å². The molecule has 3 heterocycles. The van der Waals surface area contributed by atoms with E-state index < -0.39 is 5.97 Å². The van der Waals surface area contributed by atoms with Gasteiger partial charge in [-0.15, -0.1) is 11.3 Å². The fourth-order valence-corrected chi connectivity index (χ4v) is 5.34. The van der Waals surface area contributed by atoms with Crippen molar-refractivity contribution in [2.45, 2.75) is 27.7 Å². The van der Waals surface area contributed by atoms with E-state index in [4.69, 9.17) is 9.72 Å². The molecule has 0 atom stereocenters. The molecule has 6 nitrogen and oxygen atoms in total. The molecule has 36 heavy (non-hydrogen) atoms. The van der Waals surface area contributed by atoms with E-state index in [1.165, 1.54) is 11.3 Å². The summed E-state index contributed by atoms with van der Waals surface area (Å²) in [5.41, 5.74) is 6.48. The maximum absolute atomic E-state index is 13.4. The summed E-state index contributed by atoms with van der Waals surface area (Å²) in [5.74, 6) is -0.800. The molecule has 7 heteroatoms. The number of hydrogen-bond acceptors (Lipinski definition) is 6. The van der Waals surface area contributed by atoms with E-state index in [9.17, 15) is 9.59 Å². The molecule has 0 aliphatic rings. The van der Waals surface area contributed by atoms with Crippen LogP contribution in [0.2, 0.25) is 0 Å². The van der Waals surface area contributed by atoms with Crippen molar-refractivity contribution in [3.63, 3.8) is 0 Å². The topological polar surface area (TPSA) is 74.1 Å². The van der Waals surface area contributed by atoms with Gasteiger partial charge in [-0.3, -0.25) is 4.79 Å². The Labute approximate surface area is 213 Å². The summed E-state index contributed by atoms with van der Waals surface area (Å²) in [4.78, 5) is 32.2. The molecule has 5 aromatic rings. The first-order valence-electron chi connectivity index (χ1n) is 11.6. The van der Waals surface area contributed by atoms with Crippen molar-refractivity contribution in [3.05, 3.63) is 99.6 Å². The first-order chi connectivity index (χ1) is 17.3. The third kappa shape index (κ3) is 4.33. The average Bonchev–Trinajstić information content (AvgIpc) is 3.50. The summed E-state index contributed by atoms with van der Waals surface area (Å²) in [7, 11) is 0. The van der Waals surface area contributed by atoms with Crippen LogP contribution in [0.5, 0.6) is 0 Å². The maximum Gasteiger partial charge on any atom is 0.339 e. The number of fused-ring (bicyclic) bond motifs is 1. The van der Waals surface area contributed by atoms with Gasteiger partial charge in [-0.05, 0) is 68.5 Å². The predicted molar refractivity (Wildman–Crippen MR) is 142 cm³/mol. The summed E-state index contributed by atoms with van der Waals surface area (Å²) >= 11 is 1.53. The molecule has 0 saturated carbocycles. The number of rotatable bonds is 6. The van der Waals surface area contributed by atoms with Gasteiger partial charge in [0.25, 0.3) is 0 Å². The molecule has 5 rings (SSSR count). The second kappa shape index (κ2) is 9.51. The van der Waals surface area contributed by atoms with Crippen LogP contribution < -0.4 is 0 Å². The molecule has 3 aromatic heterocycles. The number of aryl methyl sites for hydroxylation is 4. The van der Waals surface area contributed by atoms with Crippen molar-refractivity contribution >= 4 is 34.1 Å². The van der Waals surface area contributed by atoms with Crippen molar-refractivity contribution in [2.24, 2.45) is 0 Å². The molecule has 2 aromatic carbocycles. The van der Waals surface area contributed by atoms with Gasteiger partial charge in [0.1, 0.15) is 0 Å². The van der Waals surface area contributed by atoms with E-state index in [1.54, 1.807) is 10.7 Å². The first-order valence-corrected chi connectivity index (χ1v) is 12.5. The number of carbonyl (C=O) groups is 2. The number of pyridine rings is 1. The zero-order valence-electron chi connectivity index (χ0n) is 20.5. The van der Waals surface area contributed by atoms with Crippen LogP contribution in [0, 0.1) is 27.7 Å². The summed E-state index contributed by atoms with van der Waals surface area (Å²) in [6.07, 6.45) is 0. The molecule has 0 fully saturated rings. The lowest BCUT2D eigenvalue weighted by molar-refractivity contribution is 0.0476. The maximum atomic E-state index is 13.4. The van der Waals surface area contributed by atoms with Gasteiger partial charge in [0.05, 0.1) is 32.9 Å². The Morgan fingerprint density at radius 1 is 0.944 bits per heavy atom. The summed E-state index contributed by atoms with van der Waals surface area (Å²) < 4.78 is 7.32. The monoisotopic (exact) mass is 495 g/mol. The number of aromatic nitrogens is 3. The predicted octanol–water partition coefficient (Wildman–Crippen LogP) is 6.42. The molecule has 0 saturated heterocycles. The highest BCUT2D eigenvalue weighted by Crippen LogP contribution is 2.31. The fraction of sp³-hybridized carbons (Fsp3) is 0.172. The highest BCUT2D eigenvalue weighted by atomic mass is 32.1. The third-order valence-electron chi connectivity index (χ3n) is 6.10. The molecule has 0 bridgehead atoms. The molecule has 0 aliphatic carbocycles. The highest BCUT2D eigenvalue weighted by Gasteiger charge is 2.23. The standard InChI is InChI=1S/C29H25N3O3S/c1-17-13-18(2)26(19(3)14-17)24(33)16-35-29(34)22-15-23(25-11-8-12-36-25)30-28-27(22)20(4)31-32(28)21-9-6-5-7-10-21/h5-15H,16H2,1-4H3. The summed E-state index contributed by atoms with van der Waals surface area (Å²) in [6.45, 7) is 7.29. The van der Waals surface area contributed by atoms with E-state index in [0.717, 1.165) is 27.3 Å². The largest absolute Gasteiger partial charge is 0.454 e. The normalized spacial score (nSPS) is 11.1. The Bertz CT molecular complexity index is 1580. The number of nitrogens with zero attached hydrogens (tertiary/aromatic N) is 3. The Hall–Kier alpha value is -4.10. The number of carbonyl (C=O) groups excluding carboxylic acids is 2. The fourth-order valence-electron chi connectivity index (χ4n) is 4.65. The van der Waals surface area contributed by atoms with Crippen LogP contribution in [0.1, 0.15) is 43.1 Å². The van der Waals surface area contributed by atoms with Crippen molar-refractivity contribution < 1.29 is 14.3 Å². The number of esters is 1. The summed E-state index contributed by atoms with van der Waals surface area (Å²) in [6, 6.07) is 19.2. The minimum Gasteiger partial charge on any atom is -0.454 e. The summed E-state index contributed by atoms with van der Waals surface area (Å²) in [5, 5.41) is 7.26. The van der Waals surface area contributed by atoms with E-state index in [-0.39, 0.29) is 12.4 Å². The lowest BCUT2D eigenvalue weighted by atomic mass is 9.97. The number of para-hydroxylation sites is 1. The van der Waals surface area contributed by atoms with E-state index in [0.29, 0.717) is 33.5 Å². The van der Waals surface area contributed by atoms with Crippen LogP contribution in [0.15, 0.2) is 66.0 Å². The second-order valence-electron chi connectivity index (χ2n) is 8.84. The van der Waals surface area contributed by atoms with Gasteiger partial charge in [-0.1, -0.05) is 42.0 Å². The van der Waals surface area contributed by atoms with Gasteiger partial charge >= 0.3 is 5.97 Å². The second-order valence-corrected chi connectivity index (χ2v) is 9.78. The van der Waals surface area contributed by atoms with Gasteiger partial charge in [-0.25, -0.2) is 14.5 Å². The van der Waals surface area contributed by atoms with Crippen LogP contribution in [-0.4, -0.2) is 33.1 Å². The lowest BCUT2D eigenvalue weighted by Gasteiger charge is -2.12. The Kier molecular flexibility index (Phi) is 6.24. The lowest BCUT2D eigenvalue weighted by Crippen LogP contribution is -2.17. The highest BCUT2D eigenvalue weighted by molar-refractivity contribution is 7.13. The van der Waals surface area contributed by atoms with Gasteiger partial charge in [0.15, 0.2) is 12.3 Å². The minimum atomic E-state index is -0.577. The van der Waals surface area contributed by atoms with E-state index >= 15 is 0 Å². The Morgan fingerprint density at radius 2 is 1.67 bits per heavy atom. The van der Waals surface area contributed by atoms with Gasteiger partial charge in [-0.2, -0.15) is 5.10 Å². The number of benzene rings is 2. The molecular weight excluding hydrogens is 470 g/mol. The molecular formula is C29H25N3O3S. The van der Waals surface area contributed by atoms with Crippen molar-refractivity contribution in [2.75, 3.05) is 6.61 Å². The van der Waals surface area contributed by atoms with Gasteiger partial charge in [0, 0.05) is 5.56 Å². The molecule has 0 amide bonds. The van der Waals surface area contributed by atoms with Crippen LogP contribution in [0.4, 0.5) is 0 Å². The van der Waals surface area contributed by atoms with Crippen molar-refractivity contribution in [1.29, 1.82) is 0 Å². The van der Waals surface area contributed by atoms with Crippen LogP contribution in [-0.2, 0) is 4.74 Å². The average molecular weight is 496 g/mol. The Morgan fingerprint density at radius 3 is 2.33 bits per heavy atom. The first kappa shape index (κ1) is 23.6. The number of thiophene rings is 1. The smallest absolute Gasteiger partial charge is 0.339 e. The van der Waals surface area contributed by atoms with Crippen molar-refractivity contribution in [3.8, 4) is 16.3 Å². The quantitative estimate of drug-likeness (QED) is 0.201. The molecule has 0 N–H and O–H groups in total. The SMILES string of the molecule is Cc1cc(C)c(C(=O)COC(=O)c2cc(-c3cccs3)nc3c2c(C)nn3-c2ccccc2)c(C)c1. The van der Waals surface area contributed by atoms with Crippen molar-refractivity contribution in [1.82, 2.24) is 14.8 Å². The van der Waals surface area contributed by atoms with Crippen LogP contribution in [0.25, 0.3) is 27.3 Å². The molecule has 180 valence electrons. The van der Waals surface area contributed by atoms with Crippen LogP contribution in [0.3, 0.4) is 0 Å². The zero-order chi connectivity index (χ0) is 25.4. The minimum absolute atomic E-state index is 0.223.